The first kappa shape index (κ1) is 33.8. The van der Waals surface area contributed by atoms with E-state index in [1.165, 1.54) is 15.9 Å². The molecule has 5 rings (SSSR count). The van der Waals surface area contributed by atoms with Gasteiger partial charge in [-0.3, -0.25) is 9.36 Å². The molecule has 0 fully saturated rings. The molecule has 1 aliphatic heterocycles. The molecule has 12 heteroatoms. The maximum Gasteiger partial charge on any atom is 0.338 e. The molecule has 4 aromatic rings. The number of rotatable bonds is 10. The second-order valence-electron chi connectivity index (χ2n) is 10.6. The molecule has 0 saturated carbocycles. The Morgan fingerprint density at radius 3 is 2.59 bits per heavy atom. The number of benzene rings is 3. The molecule has 0 radical (unpaired) electrons. The summed E-state index contributed by atoms with van der Waals surface area (Å²) in [6, 6.07) is 15.4. The first-order valence-corrected chi connectivity index (χ1v) is 16.8. The van der Waals surface area contributed by atoms with E-state index >= 15 is 0 Å². The smallest absolute Gasteiger partial charge is 0.338 e. The zero-order valence-corrected chi connectivity index (χ0v) is 29.6. The third-order valence-electron chi connectivity index (χ3n) is 6.98. The van der Waals surface area contributed by atoms with Crippen molar-refractivity contribution in [1.29, 1.82) is 0 Å². The zero-order chi connectivity index (χ0) is 33.1. The van der Waals surface area contributed by atoms with Crippen LogP contribution in [-0.2, 0) is 16.1 Å². The molecule has 0 aliphatic carbocycles. The topological polar surface area (TPSA) is 88.4 Å². The molecule has 1 atom stereocenters. The Morgan fingerprint density at radius 2 is 1.89 bits per heavy atom. The highest BCUT2D eigenvalue weighted by atomic mass is 79.9. The van der Waals surface area contributed by atoms with E-state index in [0.29, 0.717) is 57.9 Å². The Hall–Kier alpha value is -3.57. The summed E-state index contributed by atoms with van der Waals surface area (Å²) in [6.45, 7) is 7.71. The second-order valence-corrected chi connectivity index (χ2v) is 13.3. The molecule has 0 spiro atoms. The number of carbonyl (C=O) groups excluding carboxylic acids is 1. The molecule has 1 aliphatic rings. The summed E-state index contributed by atoms with van der Waals surface area (Å²) in [6.07, 6.45) is 1.63. The fourth-order valence-electron chi connectivity index (χ4n) is 5.08. The van der Waals surface area contributed by atoms with Crippen molar-refractivity contribution in [1.82, 2.24) is 4.57 Å². The van der Waals surface area contributed by atoms with Gasteiger partial charge in [-0.1, -0.05) is 52.7 Å². The molecule has 8 nitrogen and oxygen atoms in total. The van der Waals surface area contributed by atoms with Gasteiger partial charge in [0.05, 0.1) is 46.1 Å². The molecule has 46 heavy (non-hydrogen) atoms. The van der Waals surface area contributed by atoms with Crippen molar-refractivity contribution < 1.29 is 23.7 Å². The van der Waals surface area contributed by atoms with E-state index in [4.69, 9.17) is 42.1 Å². The van der Waals surface area contributed by atoms with Crippen molar-refractivity contribution in [3.05, 3.63) is 117 Å². The summed E-state index contributed by atoms with van der Waals surface area (Å²) < 4.78 is 25.7. The van der Waals surface area contributed by atoms with Gasteiger partial charge in [-0.05, 0) is 97.2 Å². The van der Waals surface area contributed by atoms with Gasteiger partial charge in [-0.2, -0.15) is 0 Å². The van der Waals surface area contributed by atoms with Crippen LogP contribution < -0.4 is 29.1 Å². The van der Waals surface area contributed by atoms with Crippen LogP contribution in [-0.4, -0.2) is 30.4 Å². The number of fused-ring (bicyclic) bond motifs is 1. The van der Waals surface area contributed by atoms with Gasteiger partial charge in [-0.25, -0.2) is 9.79 Å². The lowest BCUT2D eigenvalue weighted by atomic mass is 9.95. The van der Waals surface area contributed by atoms with E-state index in [1.54, 1.807) is 57.4 Å². The van der Waals surface area contributed by atoms with Crippen molar-refractivity contribution in [2.24, 2.45) is 4.99 Å². The van der Waals surface area contributed by atoms with Crippen LogP contribution in [0.4, 0.5) is 0 Å². The lowest BCUT2D eigenvalue weighted by molar-refractivity contribution is -0.139. The Morgan fingerprint density at radius 1 is 1.11 bits per heavy atom. The van der Waals surface area contributed by atoms with Crippen LogP contribution in [0.2, 0.25) is 10.0 Å². The molecule has 0 saturated heterocycles. The number of thiazole rings is 1. The third kappa shape index (κ3) is 7.20. The van der Waals surface area contributed by atoms with Gasteiger partial charge in [0.1, 0.15) is 12.4 Å². The van der Waals surface area contributed by atoms with Crippen molar-refractivity contribution in [2.45, 2.75) is 46.4 Å². The Kier molecular flexibility index (Phi) is 10.6. The van der Waals surface area contributed by atoms with Gasteiger partial charge < -0.3 is 18.9 Å². The number of esters is 1. The lowest BCUT2D eigenvalue weighted by Crippen LogP contribution is -2.40. The largest absolute Gasteiger partial charge is 0.493 e. The molecule has 240 valence electrons. The maximum absolute atomic E-state index is 14.3. The molecule has 0 N–H and O–H groups in total. The monoisotopic (exact) mass is 744 g/mol. The van der Waals surface area contributed by atoms with Gasteiger partial charge in [0, 0.05) is 15.6 Å². The summed E-state index contributed by atoms with van der Waals surface area (Å²) in [5.74, 6) is 0.959. The van der Waals surface area contributed by atoms with Gasteiger partial charge in [0.15, 0.2) is 16.3 Å². The predicted molar refractivity (Wildman–Crippen MR) is 184 cm³/mol. The standard InChI is InChI=1S/C34H31BrCl2N2O6S/c1-6-43-33(41)29-19(4)38-34-39(30(29)21-10-11-26(45-18(2)3)27(14-21)42-5)32(40)28(46-34)15-22-13-24(37)16-25(35)31(22)44-17-20-8-7-9-23(36)12-20/h7-16,18,30H,6,17H2,1-5H3/b28-15+/t30-/m1/s1. The highest BCUT2D eigenvalue weighted by molar-refractivity contribution is 9.10. The summed E-state index contributed by atoms with van der Waals surface area (Å²) in [7, 11) is 1.54. The summed E-state index contributed by atoms with van der Waals surface area (Å²) in [4.78, 5) is 32.7. The quantitative estimate of drug-likeness (QED) is 0.159. The zero-order valence-electron chi connectivity index (χ0n) is 25.7. The van der Waals surface area contributed by atoms with Gasteiger partial charge in [0.2, 0.25) is 0 Å². The molecule has 3 aromatic carbocycles. The number of hydrogen-bond acceptors (Lipinski definition) is 8. The van der Waals surface area contributed by atoms with Crippen LogP contribution in [0.1, 0.15) is 50.4 Å². The van der Waals surface area contributed by atoms with Gasteiger partial charge in [-0.15, -0.1) is 0 Å². The number of ether oxygens (including phenoxy) is 4. The van der Waals surface area contributed by atoms with Crippen molar-refractivity contribution in [3.63, 3.8) is 0 Å². The average molecular weight is 747 g/mol. The van der Waals surface area contributed by atoms with E-state index in [0.717, 1.165) is 5.56 Å². The maximum atomic E-state index is 14.3. The number of carbonyl (C=O) groups is 1. The Balaban J connectivity index is 1.66. The Bertz CT molecular complexity index is 2020. The van der Waals surface area contributed by atoms with Crippen LogP contribution in [0.5, 0.6) is 17.2 Å². The molecular weight excluding hydrogens is 715 g/mol. The number of allylic oxidation sites excluding steroid dienone is 1. The summed E-state index contributed by atoms with van der Waals surface area (Å²) >= 11 is 17.4. The first-order valence-electron chi connectivity index (χ1n) is 14.4. The van der Waals surface area contributed by atoms with E-state index in [-0.39, 0.29) is 30.5 Å². The average Bonchev–Trinajstić information content (AvgIpc) is 3.29. The summed E-state index contributed by atoms with van der Waals surface area (Å²) in [5, 5.41) is 1.06. The molecule has 1 aromatic heterocycles. The second kappa shape index (κ2) is 14.5. The van der Waals surface area contributed by atoms with Gasteiger partial charge >= 0.3 is 5.97 Å². The number of aromatic nitrogens is 1. The molecule has 2 heterocycles. The number of nitrogens with zero attached hydrogens (tertiary/aromatic N) is 2. The van der Waals surface area contributed by atoms with Gasteiger partial charge in [0.25, 0.3) is 5.56 Å². The molecule has 0 bridgehead atoms. The fraction of sp³-hybridized carbons (Fsp3) is 0.265. The van der Waals surface area contributed by atoms with E-state index in [2.05, 4.69) is 20.9 Å². The summed E-state index contributed by atoms with van der Waals surface area (Å²) in [5.41, 5.74) is 2.46. The molecule has 0 amide bonds. The normalized spacial score (nSPS) is 14.6. The number of halogens is 3. The van der Waals surface area contributed by atoms with Crippen LogP contribution in [0, 0.1) is 0 Å². The van der Waals surface area contributed by atoms with Crippen LogP contribution in [0.3, 0.4) is 0 Å². The minimum absolute atomic E-state index is 0.0828. The first-order chi connectivity index (χ1) is 22.0. The lowest BCUT2D eigenvalue weighted by Gasteiger charge is -2.25. The highest BCUT2D eigenvalue weighted by Gasteiger charge is 2.34. The molecular formula is C34H31BrCl2N2O6S. The van der Waals surface area contributed by atoms with E-state index in [1.807, 2.05) is 38.1 Å². The fourth-order valence-corrected chi connectivity index (χ4v) is 7.27. The van der Waals surface area contributed by atoms with Crippen molar-refractivity contribution in [2.75, 3.05) is 13.7 Å². The Labute approximate surface area is 288 Å². The van der Waals surface area contributed by atoms with Crippen LogP contribution in [0.25, 0.3) is 6.08 Å². The van der Waals surface area contributed by atoms with Crippen molar-refractivity contribution >= 4 is 62.5 Å². The number of hydrogen-bond donors (Lipinski definition) is 0. The van der Waals surface area contributed by atoms with Crippen molar-refractivity contribution in [3.8, 4) is 17.2 Å². The third-order valence-corrected chi connectivity index (χ3v) is 9.00. The van der Waals surface area contributed by atoms with Crippen LogP contribution in [0.15, 0.2) is 80.1 Å². The SMILES string of the molecule is CCOC(=O)C1=C(C)N=c2s/c(=C/c3cc(Cl)cc(Br)c3OCc3cccc(Cl)c3)c(=O)n2[C@@H]1c1ccc(OC(C)C)c(OC)c1. The highest BCUT2D eigenvalue weighted by Crippen LogP contribution is 2.37. The predicted octanol–water partition coefficient (Wildman–Crippen LogP) is 7.24. The van der Waals surface area contributed by atoms with Crippen LogP contribution >= 0.6 is 50.5 Å². The minimum Gasteiger partial charge on any atom is -0.493 e. The van der Waals surface area contributed by atoms with E-state index in [9.17, 15) is 9.59 Å². The van der Waals surface area contributed by atoms with E-state index < -0.39 is 12.0 Å². The number of methoxy groups -OCH3 is 1. The minimum atomic E-state index is -0.830. The molecule has 0 unspecified atom stereocenters.